The molecule has 1 fully saturated rings. The second-order valence-electron chi connectivity index (χ2n) is 4.15. The van der Waals surface area contributed by atoms with Crippen molar-refractivity contribution in [1.29, 1.82) is 0 Å². The molecule has 1 aliphatic carbocycles. The second-order valence-corrected chi connectivity index (χ2v) is 4.15. The maximum atomic E-state index is 13.5. The molecule has 2 rings (SSSR count). The zero-order chi connectivity index (χ0) is 11.5. The topological polar surface area (TPSA) is 47.3 Å². The van der Waals surface area contributed by atoms with Gasteiger partial charge >= 0.3 is 0 Å². The van der Waals surface area contributed by atoms with Crippen LogP contribution in [0.3, 0.4) is 0 Å². The van der Waals surface area contributed by atoms with Crippen LogP contribution < -0.4 is 15.8 Å². The quantitative estimate of drug-likeness (QED) is 0.823. The van der Waals surface area contributed by atoms with Gasteiger partial charge in [0.25, 0.3) is 0 Å². The summed E-state index contributed by atoms with van der Waals surface area (Å²) in [6.45, 7) is 2.31. The Labute approximate surface area is 94.8 Å². The Morgan fingerprint density at radius 2 is 2.25 bits per heavy atom. The molecule has 0 spiro atoms. The van der Waals surface area contributed by atoms with Crippen molar-refractivity contribution in [1.82, 2.24) is 0 Å². The second kappa shape index (κ2) is 4.70. The van der Waals surface area contributed by atoms with Crippen molar-refractivity contribution in [3.05, 3.63) is 24.0 Å². The Kier molecular flexibility index (Phi) is 3.29. The average Bonchev–Trinajstić information content (AvgIpc) is 2.20. The van der Waals surface area contributed by atoms with Crippen LogP contribution in [0.2, 0.25) is 0 Å². The number of halogens is 1. The molecular weight excluding hydrogens is 207 g/mol. The highest BCUT2D eigenvalue weighted by molar-refractivity contribution is 5.48. The molecule has 1 aromatic carbocycles. The number of hydrogen-bond donors (Lipinski definition) is 2. The Hall–Kier alpha value is -1.29. The summed E-state index contributed by atoms with van der Waals surface area (Å²) < 4.78 is 18.6. The molecule has 4 heteroatoms. The normalized spacial score (nSPS) is 23.7. The van der Waals surface area contributed by atoms with Gasteiger partial charge in [-0.3, -0.25) is 0 Å². The molecule has 0 aromatic heterocycles. The van der Waals surface area contributed by atoms with Crippen molar-refractivity contribution in [3.63, 3.8) is 0 Å². The van der Waals surface area contributed by atoms with Gasteiger partial charge in [0.15, 0.2) is 11.6 Å². The first kappa shape index (κ1) is 11.2. The van der Waals surface area contributed by atoms with E-state index in [1.54, 1.807) is 6.07 Å². The van der Waals surface area contributed by atoms with E-state index in [1.165, 1.54) is 6.07 Å². The van der Waals surface area contributed by atoms with E-state index in [9.17, 15) is 4.39 Å². The standard InChI is InChI=1S/C12H17FN2O/c1-2-16-12-4-3-9(7-11(12)13)15-10-5-8(14)6-10/h3-4,7-8,10,15H,2,5-6,14H2,1H3. The van der Waals surface area contributed by atoms with Crippen LogP contribution in [0.15, 0.2) is 18.2 Å². The molecular formula is C12H17FN2O. The third-order valence-corrected chi connectivity index (χ3v) is 2.78. The summed E-state index contributed by atoms with van der Waals surface area (Å²) in [6, 6.07) is 5.63. The van der Waals surface area contributed by atoms with Crippen LogP contribution in [0.5, 0.6) is 5.75 Å². The fraction of sp³-hybridized carbons (Fsp3) is 0.500. The number of rotatable bonds is 4. The van der Waals surface area contributed by atoms with Gasteiger partial charge in [-0.05, 0) is 31.9 Å². The number of hydrogen-bond acceptors (Lipinski definition) is 3. The van der Waals surface area contributed by atoms with E-state index in [-0.39, 0.29) is 5.82 Å². The summed E-state index contributed by atoms with van der Waals surface area (Å²) >= 11 is 0. The Bertz CT molecular complexity index is 364. The molecule has 1 aliphatic rings. The van der Waals surface area contributed by atoms with Crippen molar-refractivity contribution in [2.45, 2.75) is 31.8 Å². The van der Waals surface area contributed by atoms with E-state index < -0.39 is 0 Å². The summed E-state index contributed by atoms with van der Waals surface area (Å²) in [5.41, 5.74) is 6.47. The monoisotopic (exact) mass is 224 g/mol. The van der Waals surface area contributed by atoms with Crippen LogP contribution in [0.25, 0.3) is 0 Å². The van der Waals surface area contributed by atoms with Crippen LogP contribution in [0.4, 0.5) is 10.1 Å². The zero-order valence-electron chi connectivity index (χ0n) is 9.37. The molecule has 0 bridgehead atoms. The van der Waals surface area contributed by atoms with Crippen LogP contribution in [-0.2, 0) is 0 Å². The number of nitrogens with two attached hydrogens (primary N) is 1. The average molecular weight is 224 g/mol. The molecule has 0 amide bonds. The maximum absolute atomic E-state index is 13.5. The number of benzene rings is 1. The molecule has 0 saturated heterocycles. The first-order valence-corrected chi connectivity index (χ1v) is 5.63. The SMILES string of the molecule is CCOc1ccc(NC2CC(N)C2)cc1F. The molecule has 0 atom stereocenters. The summed E-state index contributed by atoms with van der Waals surface area (Å²) in [4.78, 5) is 0. The smallest absolute Gasteiger partial charge is 0.167 e. The van der Waals surface area contributed by atoms with Crippen LogP contribution in [0.1, 0.15) is 19.8 Å². The molecule has 0 aliphatic heterocycles. The van der Waals surface area contributed by atoms with Crippen LogP contribution in [-0.4, -0.2) is 18.7 Å². The lowest BCUT2D eigenvalue weighted by Gasteiger charge is -2.33. The van der Waals surface area contributed by atoms with Crippen LogP contribution in [0, 0.1) is 5.82 Å². The number of anilines is 1. The summed E-state index contributed by atoms with van der Waals surface area (Å²) in [5, 5.41) is 3.24. The van der Waals surface area contributed by atoms with E-state index in [4.69, 9.17) is 10.5 Å². The predicted molar refractivity (Wildman–Crippen MR) is 62.2 cm³/mol. The Morgan fingerprint density at radius 3 is 2.81 bits per heavy atom. The first-order chi connectivity index (χ1) is 7.69. The van der Waals surface area contributed by atoms with Gasteiger partial charge in [-0.2, -0.15) is 0 Å². The number of nitrogens with one attached hydrogen (secondary N) is 1. The Balaban J connectivity index is 1.98. The fourth-order valence-corrected chi connectivity index (χ4v) is 1.88. The molecule has 3 N–H and O–H groups in total. The van der Waals surface area contributed by atoms with E-state index in [2.05, 4.69) is 5.32 Å². The highest BCUT2D eigenvalue weighted by Gasteiger charge is 2.25. The number of ether oxygens (including phenoxy) is 1. The lowest BCUT2D eigenvalue weighted by molar-refractivity contribution is 0.321. The van der Waals surface area contributed by atoms with E-state index in [1.807, 2.05) is 13.0 Å². The van der Waals surface area contributed by atoms with Gasteiger partial charge < -0.3 is 15.8 Å². The van der Waals surface area contributed by atoms with Crippen molar-refractivity contribution >= 4 is 5.69 Å². The van der Waals surface area contributed by atoms with Gasteiger partial charge in [-0.15, -0.1) is 0 Å². The maximum Gasteiger partial charge on any atom is 0.167 e. The minimum Gasteiger partial charge on any atom is -0.491 e. The summed E-state index contributed by atoms with van der Waals surface area (Å²) in [7, 11) is 0. The lowest BCUT2D eigenvalue weighted by Crippen LogP contribution is -2.44. The van der Waals surface area contributed by atoms with Gasteiger partial charge in [0.2, 0.25) is 0 Å². The summed E-state index contributed by atoms with van der Waals surface area (Å²) in [6.07, 6.45) is 1.91. The molecule has 16 heavy (non-hydrogen) atoms. The largest absolute Gasteiger partial charge is 0.491 e. The van der Waals surface area contributed by atoms with Gasteiger partial charge in [0.05, 0.1) is 6.61 Å². The van der Waals surface area contributed by atoms with Gasteiger partial charge in [0, 0.05) is 23.8 Å². The third-order valence-electron chi connectivity index (χ3n) is 2.78. The highest BCUT2D eigenvalue weighted by Crippen LogP contribution is 2.26. The van der Waals surface area contributed by atoms with E-state index in [0.29, 0.717) is 24.4 Å². The molecule has 0 unspecified atom stereocenters. The van der Waals surface area contributed by atoms with Crippen molar-refractivity contribution in [2.24, 2.45) is 5.73 Å². The lowest BCUT2D eigenvalue weighted by atomic mass is 9.87. The molecule has 0 radical (unpaired) electrons. The highest BCUT2D eigenvalue weighted by atomic mass is 19.1. The van der Waals surface area contributed by atoms with E-state index in [0.717, 1.165) is 18.5 Å². The van der Waals surface area contributed by atoms with Crippen molar-refractivity contribution in [3.8, 4) is 5.75 Å². The summed E-state index contributed by atoms with van der Waals surface area (Å²) in [5.74, 6) is -0.0196. The Morgan fingerprint density at radius 1 is 1.50 bits per heavy atom. The molecule has 3 nitrogen and oxygen atoms in total. The zero-order valence-corrected chi connectivity index (χ0v) is 9.37. The van der Waals surface area contributed by atoms with Crippen LogP contribution >= 0.6 is 0 Å². The minimum absolute atomic E-state index is 0.296. The molecule has 1 aromatic rings. The van der Waals surface area contributed by atoms with Crippen molar-refractivity contribution in [2.75, 3.05) is 11.9 Å². The van der Waals surface area contributed by atoms with Gasteiger partial charge in [0.1, 0.15) is 0 Å². The van der Waals surface area contributed by atoms with E-state index >= 15 is 0 Å². The minimum atomic E-state index is -0.324. The predicted octanol–water partition coefficient (Wildman–Crippen LogP) is 2.13. The molecule has 88 valence electrons. The third kappa shape index (κ3) is 2.44. The van der Waals surface area contributed by atoms with Gasteiger partial charge in [-0.1, -0.05) is 0 Å². The van der Waals surface area contributed by atoms with Gasteiger partial charge in [-0.25, -0.2) is 4.39 Å². The fourth-order valence-electron chi connectivity index (χ4n) is 1.88. The molecule has 1 saturated carbocycles. The first-order valence-electron chi connectivity index (χ1n) is 5.63. The molecule has 0 heterocycles. The van der Waals surface area contributed by atoms with Crippen molar-refractivity contribution < 1.29 is 9.13 Å².